The average Bonchev–Trinajstić information content (AvgIpc) is 2.22. The molecule has 0 unspecified atom stereocenters. The Labute approximate surface area is 105 Å². The van der Waals surface area contributed by atoms with Crippen molar-refractivity contribution in [3.05, 3.63) is 0 Å². The number of ether oxygens (including phenoxy) is 1. The average molecular weight is 238 g/mol. The standard InChI is InChI=1S/C14H26N2O/c1-16-7-3-12(4-8-16)14(10-17-11-14)13(9-15)5-2-6-13/h12H,2-11,15H2,1H3. The zero-order valence-electron chi connectivity index (χ0n) is 11.1. The van der Waals surface area contributed by atoms with Crippen LogP contribution in [-0.2, 0) is 4.74 Å². The highest BCUT2D eigenvalue weighted by Crippen LogP contribution is 2.61. The van der Waals surface area contributed by atoms with Crippen LogP contribution in [-0.4, -0.2) is 44.8 Å². The molecule has 0 radical (unpaired) electrons. The van der Waals surface area contributed by atoms with Crippen LogP contribution in [0.2, 0.25) is 0 Å². The van der Waals surface area contributed by atoms with Gasteiger partial charge in [0.15, 0.2) is 0 Å². The smallest absolute Gasteiger partial charge is 0.0553 e. The number of likely N-dealkylation sites (tertiary alicyclic amines) is 1. The van der Waals surface area contributed by atoms with Gasteiger partial charge < -0.3 is 15.4 Å². The van der Waals surface area contributed by atoms with Crippen molar-refractivity contribution in [2.75, 3.05) is 39.9 Å². The summed E-state index contributed by atoms with van der Waals surface area (Å²) in [5, 5.41) is 0. The summed E-state index contributed by atoms with van der Waals surface area (Å²) in [6.07, 6.45) is 6.77. The molecule has 1 aliphatic carbocycles. The molecule has 3 fully saturated rings. The normalized spacial score (nSPS) is 32.8. The van der Waals surface area contributed by atoms with E-state index in [1.807, 2.05) is 0 Å². The van der Waals surface area contributed by atoms with Gasteiger partial charge in [0.1, 0.15) is 0 Å². The molecule has 3 heteroatoms. The van der Waals surface area contributed by atoms with Crippen molar-refractivity contribution in [1.82, 2.24) is 4.90 Å². The topological polar surface area (TPSA) is 38.5 Å². The molecule has 0 aromatic carbocycles. The fraction of sp³-hybridized carbons (Fsp3) is 1.00. The highest BCUT2D eigenvalue weighted by Gasteiger charge is 2.61. The zero-order valence-corrected chi connectivity index (χ0v) is 11.1. The highest BCUT2D eigenvalue weighted by molar-refractivity contribution is 5.10. The van der Waals surface area contributed by atoms with Gasteiger partial charge in [-0.2, -0.15) is 0 Å². The van der Waals surface area contributed by atoms with E-state index in [2.05, 4.69) is 11.9 Å². The maximum absolute atomic E-state index is 6.13. The minimum atomic E-state index is 0.436. The Hall–Kier alpha value is -0.120. The van der Waals surface area contributed by atoms with Gasteiger partial charge in [-0.3, -0.25) is 0 Å². The monoisotopic (exact) mass is 238 g/mol. The van der Waals surface area contributed by atoms with Crippen LogP contribution in [0.15, 0.2) is 0 Å². The summed E-state index contributed by atoms with van der Waals surface area (Å²) >= 11 is 0. The second kappa shape index (κ2) is 4.22. The summed E-state index contributed by atoms with van der Waals surface area (Å²) in [4.78, 5) is 2.46. The number of hydrogen-bond donors (Lipinski definition) is 1. The van der Waals surface area contributed by atoms with Crippen molar-refractivity contribution in [2.45, 2.75) is 32.1 Å². The molecule has 0 aromatic heterocycles. The van der Waals surface area contributed by atoms with Gasteiger partial charge in [0.05, 0.1) is 13.2 Å². The molecule has 0 bridgehead atoms. The van der Waals surface area contributed by atoms with Gasteiger partial charge >= 0.3 is 0 Å². The second-order valence-corrected chi connectivity index (χ2v) is 6.56. The second-order valence-electron chi connectivity index (χ2n) is 6.56. The number of nitrogens with zero attached hydrogens (tertiary/aromatic N) is 1. The molecule has 3 rings (SSSR count). The summed E-state index contributed by atoms with van der Waals surface area (Å²) in [6, 6.07) is 0. The van der Waals surface area contributed by atoms with Gasteiger partial charge in [-0.05, 0) is 63.7 Å². The van der Waals surface area contributed by atoms with E-state index in [1.54, 1.807) is 0 Å². The Balaban J connectivity index is 1.77. The molecule has 1 saturated carbocycles. The molecule has 0 aromatic rings. The summed E-state index contributed by atoms with van der Waals surface area (Å²) < 4.78 is 5.63. The zero-order chi connectivity index (χ0) is 11.9. The molecular weight excluding hydrogens is 212 g/mol. The van der Waals surface area contributed by atoms with E-state index in [0.29, 0.717) is 10.8 Å². The first-order valence-electron chi connectivity index (χ1n) is 7.19. The summed E-state index contributed by atoms with van der Waals surface area (Å²) in [5.41, 5.74) is 7.01. The molecule has 2 aliphatic heterocycles. The molecule has 0 amide bonds. The SMILES string of the molecule is CN1CCC(C2(C3(CN)CCC3)COC2)CC1. The molecule has 0 spiro atoms. The molecule has 0 atom stereocenters. The lowest BCUT2D eigenvalue weighted by molar-refractivity contribution is -0.242. The number of nitrogens with two attached hydrogens (primary N) is 1. The maximum atomic E-state index is 6.13. The van der Waals surface area contributed by atoms with Crippen molar-refractivity contribution in [1.29, 1.82) is 0 Å². The first-order chi connectivity index (χ1) is 8.22. The maximum Gasteiger partial charge on any atom is 0.0553 e. The van der Waals surface area contributed by atoms with Crippen molar-refractivity contribution in [2.24, 2.45) is 22.5 Å². The predicted octanol–water partition coefficient (Wildman–Crippen LogP) is 1.47. The van der Waals surface area contributed by atoms with E-state index in [9.17, 15) is 0 Å². The Morgan fingerprint density at radius 3 is 2.24 bits per heavy atom. The van der Waals surface area contributed by atoms with Crippen LogP contribution in [0.1, 0.15) is 32.1 Å². The first-order valence-corrected chi connectivity index (χ1v) is 7.19. The van der Waals surface area contributed by atoms with Gasteiger partial charge in [-0.15, -0.1) is 0 Å². The Morgan fingerprint density at radius 1 is 1.24 bits per heavy atom. The molecular formula is C14H26N2O. The van der Waals surface area contributed by atoms with Gasteiger partial charge in [0.25, 0.3) is 0 Å². The molecule has 2 heterocycles. The number of rotatable bonds is 3. The van der Waals surface area contributed by atoms with Crippen molar-refractivity contribution in [3.63, 3.8) is 0 Å². The van der Waals surface area contributed by atoms with E-state index in [0.717, 1.165) is 25.7 Å². The van der Waals surface area contributed by atoms with Gasteiger partial charge in [0, 0.05) is 5.41 Å². The minimum Gasteiger partial charge on any atom is -0.380 e. The Kier molecular flexibility index (Phi) is 2.96. The van der Waals surface area contributed by atoms with Crippen LogP contribution in [0, 0.1) is 16.7 Å². The minimum absolute atomic E-state index is 0.436. The van der Waals surface area contributed by atoms with Crippen LogP contribution >= 0.6 is 0 Å². The van der Waals surface area contributed by atoms with Crippen LogP contribution in [0.4, 0.5) is 0 Å². The van der Waals surface area contributed by atoms with Crippen LogP contribution in [0.25, 0.3) is 0 Å². The first kappa shape index (κ1) is 11.9. The summed E-state index contributed by atoms with van der Waals surface area (Å²) in [6.45, 7) is 5.36. The third-order valence-corrected chi connectivity index (χ3v) is 5.98. The van der Waals surface area contributed by atoms with E-state index in [1.165, 1.54) is 45.2 Å². The van der Waals surface area contributed by atoms with E-state index in [4.69, 9.17) is 10.5 Å². The molecule has 98 valence electrons. The van der Waals surface area contributed by atoms with Crippen LogP contribution in [0.5, 0.6) is 0 Å². The van der Waals surface area contributed by atoms with E-state index in [-0.39, 0.29) is 0 Å². The van der Waals surface area contributed by atoms with Crippen molar-refractivity contribution < 1.29 is 4.74 Å². The summed E-state index contributed by atoms with van der Waals surface area (Å²) in [5.74, 6) is 0.858. The van der Waals surface area contributed by atoms with Gasteiger partial charge in [-0.1, -0.05) is 6.42 Å². The van der Waals surface area contributed by atoms with E-state index < -0.39 is 0 Å². The number of hydrogen-bond acceptors (Lipinski definition) is 3. The molecule has 2 N–H and O–H groups in total. The number of piperidine rings is 1. The van der Waals surface area contributed by atoms with E-state index >= 15 is 0 Å². The molecule has 3 nitrogen and oxygen atoms in total. The largest absolute Gasteiger partial charge is 0.380 e. The lowest BCUT2D eigenvalue weighted by Gasteiger charge is -2.64. The molecule has 17 heavy (non-hydrogen) atoms. The Morgan fingerprint density at radius 2 is 1.88 bits per heavy atom. The fourth-order valence-electron chi connectivity index (χ4n) is 4.37. The van der Waals surface area contributed by atoms with Crippen LogP contribution < -0.4 is 5.73 Å². The fourth-order valence-corrected chi connectivity index (χ4v) is 4.37. The van der Waals surface area contributed by atoms with Crippen LogP contribution in [0.3, 0.4) is 0 Å². The Bertz CT molecular complexity index is 270. The quantitative estimate of drug-likeness (QED) is 0.809. The third kappa shape index (κ3) is 1.59. The van der Waals surface area contributed by atoms with Crippen molar-refractivity contribution in [3.8, 4) is 0 Å². The van der Waals surface area contributed by atoms with Gasteiger partial charge in [-0.25, -0.2) is 0 Å². The molecule has 3 aliphatic rings. The van der Waals surface area contributed by atoms with Gasteiger partial charge in [0.2, 0.25) is 0 Å². The lowest BCUT2D eigenvalue weighted by Crippen LogP contribution is -2.65. The predicted molar refractivity (Wildman–Crippen MR) is 68.8 cm³/mol. The summed E-state index contributed by atoms with van der Waals surface area (Å²) in [7, 11) is 2.24. The highest BCUT2D eigenvalue weighted by atomic mass is 16.5. The third-order valence-electron chi connectivity index (χ3n) is 5.98. The lowest BCUT2D eigenvalue weighted by atomic mass is 9.47. The molecule has 2 saturated heterocycles. The van der Waals surface area contributed by atoms with Crippen molar-refractivity contribution >= 4 is 0 Å².